The van der Waals surface area contributed by atoms with Crippen LogP contribution in [0.4, 0.5) is 4.79 Å². The maximum atomic E-state index is 13.2. The molecular formula is C26H27N5O4. The zero-order valence-electron chi connectivity index (χ0n) is 19.4. The van der Waals surface area contributed by atoms with Gasteiger partial charge in [-0.2, -0.15) is 5.10 Å². The number of amides is 4. The van der Waals surface area contributed by atoms with Crippen LogP contribution in [0.3, 0.4) is 0 Å². The van der Waals surface area contributed by atoms with Crippen LogP contribution in [0.2, 0.25) is 0 Å². The number of carbonyl (C=O) groups excluding carboxylic acids is 3. The minimum Gasteiger partial charge on any atom is -0.493 e. The van der Waals surface area contributed by atoms with Gasteiger partial charge in [0, 0.05) is 37.5 Å². The van der Waals surface area contributed by atoms with Gasteiger partial charge in [0.25, 0.3) is 5.91 Å². The van der Waals surface area contributed by atoms with Crippen molar-refractivity contribution in [3.05, 3.63) is 71.5 Å². The molecule has 5 rings (SSSR count). The Kier molecular flexibility index (Phi) is 6.22. The predicted molar refractivity (Wildman–Crippen MR) is 129 cm³/mol. The monoisotopic (exact) mass is 473 g/mol. The van der Waals surface area contributed by atoms with Crippen molar-refractivity contribution in [3.8, 4) is 16.9 Å². The maximum Gasteiger partial charge on any atom is 0.321 e. The number of nitrogens with one attached hydrogen (secondary N) is 2. The highest BCUT2D eigenvalue weighted by Crippen LogP contribution is 2.32. The van der Waals surface area contributed by atoms with Gasteiger partial charge >= 0.3 is 6.03 Å². The number of urea groups is 1. The first kappa shape index (κ1) is 22.6. The van der Waals surface area contributed by atoms with Gasteiger partial charge in [-0.3, -0.25) is 19.6 Å². The standard InChI is InChI=1S/C26H27N5O4/c1-30-12-21(11-28-30)18-4-6-19(7-5-18)24(29-26(34)27-16-32)14-31-13-20-8-9-22(10-23(20)25(31)33)35-15-17-2-3-17/h4-12,16-17,24H,2-3,13-15H2,1H3,(H2,27,29,32,34)/t24-/m0/s1. The molecule has 2 aromatic carbocycles. The fourth-order valence-electron chi connectivity index (χ4n) is 4.26. The normalized spacial score (nSPS) is 15.5. The summed E-state index contributed by atoms with van der Waals surface area (Å²) in [5.41, 5.74) is 4.34. The zero-order valence-corrected chi connectivity index (χ0v) is 19.4. The quantitative estimate of drug-likeness (QED) is 0.465. The second-order valence-corrected chi connectivity index (χ2v) is 9.07. The minimum atomic E-state index is -0.624. The topological polar surface area (TPSA) is 106 Å². The van der Waals surface area contributed by atoms with E-state index in [0.717, 1.165) is 22.3 Å². The summed E-state index contributed by atoms with van der Waals surface area (Å²) in [7, 11) is 1.86. The van der Waals surface area contributed by atoms with Crippen LogP contribution in [-0.4, -0.2) is 46.2 Å². The van der Waals surface area contributed by atoms with Crippen molar-refractivity contribution in [2.24, 2.45) is 13.0 Å². The molecule has 4 amide bonds. The summed E-state index contributed by atoms with van der Waals surface area (Å²) in [4.78, 5) is 37.8. The van der Waals surface area contributed by atoms with Crippen molar-refractivity contribution in [3.63, 3.8) is 0 Å². The fourth-order valence-corrected chi connectivity index (χ4v) is 4.26. The molecule has 9 heteroatoms. The molecule has 9 nitrogen and oxygen atoms in total. The number of aromatic nitrogens is 2. The average molecular weight is 474 g/mol. The van der Waals surface area contributed by atoms with E-state index in [9.17, 15) is 14.4 Å². The molecule has 1 saturated carbocycles. The van der Waals surface area contributed by atoms with Crippen molar-refractivity contribution >= 4 is 18.3 Å². The van der Waals surface area contributed by atoms with Crippen molar-refractivity contribution < 1.29 is 19.1 Å². The molecule has 0 unspecified atom stereocenters. The van der Waals surface area contributed by atoms with Crippen molar-refractivity contribution in [2.45, 2.75) is 25.4 Å². The van der Waals surface area contributed by atoms with Gasteiger partial charge in [0.1, 0.15) is 5.75 Å². The van der Waals surface area contributed by atoms with Gasteiger partial charge in [-0.05, 0) is 47.6 Å². The molecule has 35 heavy (non-hydrogen) atoms. The Balaban J connectivity index is 1.32. The second-order valence-electron chi connectivity index (χ2n) is 9.07. The maximum absolute atomic E-state index is 13.2. The summed E-state index contributed by atoms with van der Waals surface area (Å²) in [6.45, 7) is 1.38. The summed E-state index contributed by atoms with van der Waals surface area (Å²) >= 11 is 0. The Morgan fingerprint density at radius 2 is 2.00 bits per heavy atom. The summed E-state index contributed by atoms with van der Waals surface area (Å²) in [6.07, 6.45) is 6.44. The lowest BCUT2D eigenvalue weighted by Crippen LogP contribution is -2.42. The number of imide groups is 1. The van der Waals surface area contributed by atoms with Gasteiger partial charge in [0.05, 0.1) is 18.8 Å². The third-order valence-corrected chi connectivity index (χ3v) is 6.39. The number of aryl methyl sites for hydroxylation is 1. The first-order valence-corrected chi connectivity index (χ1v) is 11.6. The third kappa shape index (κ3) is 5.18. The van der Waals surface area contributed by atoms with Gasteiger partial charge < -0.3 is 15.0 Å². The SMILES string of the molecule is Cn1cc(-c2ccc([C@H](CN3Cc4ccc(OCC5CC5)cc4C3=O)NC(=O)NC=O)cc2)cn1. The van der Waals surface area contributed by atoms with Crippen LogP contribution >= 0.6 is 0 Å². The predicted octanol–water partition coefficient (Wildman–Crippen LogP) is 3.03. The molecule has 1 aliphatic heterocycles. The highest BCUT2D eigenvalue weighted by molar-refractivity contribution is 5.98. The summed E-state index contributed by atoms with van der Waals surface area (Å²) < 4.78 is 7.58. The number of rotatable bonds is 9. The van der Waals surface area contributed by atoms with Crippen molar-refractivity contribution in [1.82, 2.24) is 25.3 Å². The Bertz CT molecular complexity index is 1250. The zero-order chi connectivity index (χ0) is 24.4. The number of ether oxygens (including phenoxy) is 1. The van der Waals surface area contributed by atoms with Crippen LogP contribution in [0.25, 0.3) is 11.1 Å². The van der Waals surface area contributed by atoms with E-state index < -0.39 is 12.1 Å². The van der Waals surface area contributed by atoms with E-state index in [4.69, 9.17) is 4.74 Å². The average Bonchev–Trinajstić information content (AvgIpc) is 3.51. The molecule has 0 spiro atoms. The molecule has 2 heterocycles. The number of fused-ring (bicyclic) bond motifs is 1. The molecule has 2 aliphatic rings. The number of hydrogen-bond acceptors (Lipinski definition) is 5. The van der Waals surface area contributed by atoms with Gasteiger partial charge in [0.15, 0.2) is 0 Å². The van der Waals surface area contributed by atoms with E-state index in [1.807, 2.05) is 55.7 Å². The van der Waals surface area contributed by atoms with Crippen molar-refractivity contribution in [1.29, 1.82) is 0 Å². The smallest absolute Gasteiger partial charge is 0.321 e. The number of benzene rings is 2. The van der Waals surface area contributed by atoms with Gasteiger partial charge in [-0.1, -0.05) is 30.3 Å². The molecule has 180 valence electrons. The van der Waals surface area contributed by atoms with Gasteiger partial charge in [-0.25, -0.2) is 4.79 Å². The van der Waals surface area contributed by atoms with Crippen LogP contribution in [0.15, 0.2) is 54.9 Å². The second kappa shape index (κ2) is 9.61. The highest BCUT2D eigenvalue weighted by atomic mass is 16.5. The molecule has 0 saturated heterocycles. The summed E-state index contributed by atoms with van der Waals surface area (Å²) in [5.74, 6) is 1.23. The van der Waals surface area contributed by atoms with Crippen LogP contribution in [0, 0.1) is 5.92 Å². The highest BCUT2D eigenvalue weighted by Gasteiger charge is 2.31. The van der Waals surface area contributed by atoms with Crippen LogP contribution in [0.5, 0.6) is 5.75 Å². The third-order valence-electron chi connectivity index (χ3n) is 6.39. The molecule has 2 N–H and O–H groups in total. The molecule has 3 aromatic rings. The van der Waals surface area contributed by atoms with Gasteiger partial charge in [-0.15, -0.1) is 0 Å². The van der Waals surface area contributed by atoms with E-state index >= 15 is 0 Å². The van der Waals surface area contributed by atoms with E-state index in [0.29, 0.717) is 36.8 Å². The molecular weight excluding hydrogens is 446 g/mol. The largest absolute Gasteiger partial charge is 0.493 e. The molecule has 0 bridgehead atoms. The van der Waals surface area contributed by atoms with Crippen LogP contribution < -0.4 is 15.4 Å². The Morgan fingerprint density at radius 1 is 1.20 bits per heavy atom. The molecule has 1 aromatic heterocycles. The van der Waals surface area contributed by atoms with E-state index in [1.165, 1.54) is 12.8 Å². The lowest BCUT2D eigenvalue weighted by atomic mass is 10.0. The number of carbonyl (C=O) groups is 3. The van der Waals surface area contributed by atoms with Crippen LogP contribution in [-0.2, 0) is 18.4 Å². The summed E-state index contributed by atoms with van der Waals surface area (Å²) in [5, 5.41) is 9.12. The molecule has 1 atom stereocenters. The Hall–Kier alpha value is -4.14. The molecule has 1 fully saturated rings. The Labute approximate surface area is 203 Å². The first-order valence-electron chi connectivity index (χ1n) is 11.6. The van der Waals surface area contributed by atoms with Gasteiger partial charge in [0.2, 0.25) is 6.41 Å². The molecule has 0 radical (unpaired) electrons. The van der Waals surface area contributed by atoms with E-state index in [2.05, 4.69) is 15.7 Å². The minimum absolute atomic E-state index is 0.105. The molecule has 1 aliphatic carbocycles. The van der Waals surface area contributed by atoms with Crippen molar-refractivity contribution in [2.75, 3.05) is 13.2 Å². The first-order chi connectivity index (χ1) is 17.0. The lowest BCUT2D eigenvalue weighted by molar-refractivity contribution is -0.108. The van der Waals surface area contributed by atoms with Crippen LogP contribution in [0.1, 0.15) is 40.4 Å². The Morgan fingerprint density at radius 3 is 2.69 bits per heavy atom. The number of nitrogens with zero attached hydrogens (tertiary/aromatic N) is 3. The number of hydrogen-bond donors (Lipinski definition) is 2. The van der Waals surface area contributed by atoms with E-state index in [-0.39, 0.29) is 12.5 Å². The van der Waals surface area contributed by atoms with E-state index in [1.54, 1.807) is 15.8 Å². The summed E-state index contributed by atoms with van der Waals surface area (Å²) in [6, 6.07) is 12.2. The fraction of sp³-hybridized carbons (Fsp3) is 0.308. The lowest BCUT2D eigenvalue weighted by Gasteiger charge is -2.25.